The van der Waals surface area contributed by atoms with E-state index in [9.17, 15) is 0 Å². The molecule has 4 heterocycles. The van der Waals surface area contributed by atoms with E-state index in [1.165, 1.54) is 22.7 Å². The maximum Gasteiger partial charge on any atom is 0.294 e. The summed E-state index contributed by atoms with van der Waals surface area (Å²) in [6.07, 6.45) is 4.41. The lowest BCUT2D eigenvalue weighted by Gasteiger charge is -2.37. The predicted octanol–water partition coefficient (Wildman–Crippen LogP) is 6.63. The van der Waals surface area contributed by atoms with Crippen LogP contribution in [0.3, 0.4) is 0 Å². The summed E-state index contributed by atoms with van der Waals surface area (Å²) in [7, 11) is 6.03. The molecule has 1 aliphatic rings. The highest BCUT2D eigenvalue weighted by molar-refractivity contribution is 7.19. The number of hydrogen-bond acceptors (Lipinski definition) is 9. The number of methoxy groups -OCH3 is 2. The smallest absolute Gasteiger partial charge is 0.294 e. The quantitative estimate of drug-likeness (QED) is 0.207. The standard InChI is InChI=1S/C25H26FN4O4PS2/c1-24(35)4-6-25(26,7-5-24)21-27-14(13-36-21)12-33-18-8-15(31-2)9-19-16(18)10-20(34-19)17-11-30-22(28-17)37-23(29-30)32-3/h8-11,13H,4-7,12,35H2,1-3H3. The summed E-state index contributed by atoms with van der Waals surface area (Å²) in [6.45, 7) is 2.37. The van der Waals surface area contributed by atoms with Gasteiger partial charge in [-0.1, -0.05) is 6.92 Å². The van der Waals surface area contributed by atoms with Crippen LogP contribution in [0, 0.1) is 0 Å². The Hall–Kier alpha value is -2.75. The summed E-state index contributed by atoms with van der Waals surface area (Å²) in [6, 6.07) is 5.51. The Morgan fingerprint density at radius 2 is 1.95 bits per heavy atom. The third-order valence-electron chi connectivity index (χ3n) is 6.76. The number of rotatable bonds is 7. The van der Waals surface area contributed by atoms with Gasteiger partial charge < -0.3 is 18.6 Å². The first-order chi connectivity index (χ1) is 17.7. The Morgan fingerprint density at radius 3 is 2.68 bits per heavy atom. The van der Waals surface area contributed by atoms with Gasteiger partial charge in [-0.2, -0.15) is 0 Å². The highest BCUT2D eigenvalue weighted by atomic mass is 32.1. The average molecular weight is 561 g/mol. The van der Waals surface area contributed by atoms with Gasteiger partial charge in [-0.05, 0) is 48.2 Å². The number of benzene rings is 1. The summed E-state index contributed by atoms with van der Waals surface area (Å²) in [5, 5.41) is 8.16. The van der Waals surface area contributed by atoms with Gasteiger partial charge in [0.05, 0.1) is 31.5 Å². The second-order valence-electron chi connectivity index (χ2n) is 9.63. The zero-order chi connectivity index (χ0) is 25.8. The van der Waals surface area contributed by atoms with E-state index in [4.69, 9.17) is 18.6 Å². The molecule has 1 unspecified atom stereocenters. The van der Waals surface area contributed by atoms with Crippen LogP contribution >= 0.6 is 31.9 Å². The number of thiazole rings is 1. The normalized spacial score (nSPS) is 22.1. The van der Waals surface area contributed by atoms with Crippen molar-refractivity contribution in [3.05, 3.63) is 40.5 Å². The van der Waals surface area contributed by atoms with Gasteiger partial charge in [0.1, 0.15) is 34.4 Å². The van der Waals surface area contributed by atoms with Gasteiger partial charge in [0.25, 0.3) is 5.19 Å². The van der Waals surface area contributed by atoms with Crippen molar-refractivity contribution in [3.8, 4) is 28.1 Å². The Morgan fingerprint density at radius 1 is 1.14 bits per heavy atom. The SMILES string of the molecule is COc1cc(OCc2csc(C3(F)CCC(C)(P)CC3)n2)c2cc(-c3cn4nc(OC)sc4n3)oc2c1. The van der Waals surface area contributed by atoms with Crippen LogP contribution in [0.1, 0.15) is 43.3 Å². The second-order valence-corrected chi connectivity index (χ2v) is 12.8. The van der Waals surface area contributed by atoms with Gasteiger partial charge >= 0.3 is 0 Å². The molecule has 5 aromatic rings. The Labute approximate surface area is 223 Å². The highest BCUT2D eigenvalue weighted by Gasteiger charge is 2.42. The van der Waals surface area contributed by atoms with Crippen LogP contribution in [-0.4, -0.2) is 39.0 Å². The molecular formula is C25H26FN4O4PS2. The van der Waals surface area contributed by atoms with E-state index >= 15 is 4.39 Å². The molecule has 1 saturated carbocycles. The van der Waals surface area contributed by atoms with Crippen LogP contribution in [0.25, 0.3) is 27.4 Å². The number of imidazole rings is 1. The van der Waals surface area contributed by atoms with Crippen LogP contribution in [0.2, 0.25) is 0 Å². The molecule has 8 nitrogen and oxygen atoms in total. The Balaban J connectivity index is 1.24. The topological polar surface area (TPSA) is 83.9 Å². The maximum atomic E-state index is 15.6. The van der Waals surface area contributed by atoms with Crippen molar-refractivity contribution in [3.63, 3.8) is 0 Å². The van der Waals surface area contributed by atoms with E-state index in [1.54, 1.807) is 24.9 Å². The predicted molar refractivity (Wildman–Crippen MR) is 145 cm³/mol. The first-order valence-electron chi connectivity index (χ1n) is 11.8. The van der Waals surface area contributed by atoms with Crippen molar-refractivity contribution in [2.45, 2.75) is 50.0 Å². The molecule has 1 aliphatic carbocycles. The third-order valence-corrected chi connectivity index (χ3v) is 9.29. The fraction of sp³-hybridized carbons (Fsp3) is 0.400. The van der Waals surface area contributed by atoms with E-state index in [1.807, 2.05) is 23.6 Å². The first-order valence-corrected chi connectivity index (χ1v) is 14.1. The van der Waals surface area contributed by atoms with Crippen LogP contribution in [-0.2, 0) is 12.3 Å². The zero-order valence-corrected chi connectivity index (χ0v) is 23.4. The molecule has 1 atom stereocenters. The first kappa shape index (κ1) is 24.6. The summed E-state index contributed by atoms with van der Waals surface area (Å²) in [5.74, 6) is 1.77. The molecule has 0 radical (unpaired) electrons. The van der Waals surface area contributed by atoms with Crippen LogP contribution in [0.5, 0.6) is 16.7 Å². The van der Waals surface area contributed by atoms with Crippen LogP contribution < -0.4 is 14.2 Å². The molecule has 37 heavy (non-hydrogen) atoms. The summed E-state index contributed by atoms with van der Waals surface area (Å²) in [4.78, 5) is 9.91. The van der Waals surface area contributed by atoms with Crippen LogP contribution in [0.4, 0.5) is 4.39 Å². The number of furan rings is 1. The van der Waals surface area contributed by atoms with Gasteiger partial charge in [-0.15, -0.1) is 25.7 Å². The third kappa shape index (κ3) is 4.69. The zero-order valence-electron chi connectivity index (χ0n) is 20.6. The number of hydrogen-bond donors (Lipinski definition) is 0. The van der Waals surface area contributed by atoms with Crippen molar-refractivity contribution in [1.82, 2.24) is 19.6 Å². The summed E-state index contributed by atoms with van der Waals surface area (Å²) in [5.41, 5.74) is 0.591. The van der Waals surface area contributed by atoms with Gasteiger partial charge in [0.15, 0.2) is 11.4 Å². The molecule has 0 spiro atoms. The molecule has 0 saturated heterocycles. The van der Waals surface area contributed by atoms with Crippen molar-refractivity contribution >= 4 is 47.8 Å². The van der Waals surface area contributed by atoms with E-state index < -0.39 is 5.67 Å². The van der Waals surface area contributed by atoms with E-state index in [0.717, 1.165) is 18.2 Å². The Kier molecular flexibility index (Phi) is 6.12. The lowest BCUT2D eigenvalue weighted by molar-refractivity contribution is 0.0929. The molecule has 194 valence electrons. The molecule has 12 heteroatoms. The van der Waals surface area contributed by atoms with Crippen LogP contribution in [0.15, 0.2) is 34.2 Å². The minimum atomic E-state index is -1.36. The molecule has 1 fully saturated rings. The van der Waals surface area contributed by atoms with Gasteiger partial charge in [0.2, 0.25) is 4.96 Å². The lowest BCUT2D eigenvalue weighted by Crippen LogP contribution is -2.33. The monoisotopic (exact) mass is 560 g/mol. The number of aromatic nitrogens is 4. The highest BCUT2D eigenvalue weighted by Crippen LogP contribution is 2.48. The lowest BCUT2D eigenvalue weighted by atomic mass is 9.80. The van der Waals surface area contributed by atoms with Crippen molar-refractivity contribution in [1.29, 1.82) is 0 Å². The van der Waals surface area contributed by atoms with E-state index in [-0.39, 0.29) is 11.8 Å². The number of nitrogens with zero attached hydrogens (tertiary/aromatic N) is 4. The van der Waals surface area contributed by atoms with Gasteiger partial charge in [-0.25, -0.2) is 18.9 Å². The molecule has 4 aromatic heterocycles. The summed E-state index contributed by atoms with van der Waals surface area (Å²) < 4.78 is 40.2. The average Bonchev–Trinajstić information content (AvgIpc) is 3.66. The fourth-order valence-corrected chi connectivity index (χ4v) is 6.43. The van der Waals surface area contributed by atoms with Gasteiger partial charge in [0, 0.05) is 17.5 Å². The number of ether oxygens (including phenoxy) is 3. The van der Waals surface area contributed by atoms with Crippen molar-refractivity contribution in [2.75, 3.05) is 14.2 Å². The number of halogens is 1. The maximum absolute atomic E-state index is 15.6. The molecule has 0 bridgehead atoms. The van der Waals surface area contributed by atoms with E-state index in [2.05, 4.69) is 31.2 Å². The van der Waals surface area contributed by atoms with Crippen molar-refractivity contribution < 1.29 is 23.0 Å². The fourth-order valence-electron chi connectivity index (χ4n) is 4.49. The molecule has 0 N–H and O–H groups in total. The second kappa shape index (κ2) is 9.22. The minimum Gasteiger partial charge on any atom is -0.496 e. The van der Waals surface area contributed by atoms with E-state index in [0.29, 0.717) is 62.2 Å². The largest absolute Gasteiger partial charge is 0.496 e. The van der Waals surface area contributed by atoms with Crippen molar-refractivity contribution in [2.24, 2.45) is 0 Å². The molecule has 1 aromatic carbocycles. The number of alkyl halides is 1. The number of fused-ring (bicyclic) bond motifs is 2. The Bertz CT molecular complexity index is 1550. The van der Waals surface area contributed by atoms with Gasteiger partial charge in [-0.3, -0.25) is 0 Å². The summed E-state index contributed by atoms with van der Waals surface area (Å²) >= 11 is 2.71. The molecule has 6 rings (SSSR count). The molecule has 0 amide bonds. The minimum absolute atomic E-state index is 0.107. The molecule has 0 aliphatic heterocycles. The molecular weight excluding hydrogens is 534 g/mol.